The molecule has 0 saturated heterocycles. The monoisotopic (exact) mass is 371 g/mol. The summed E-state index contributed by atoms with van der Waals surface area (Å²) < 4.78 is 0.867. The number of carbonyl (C=O) groups is 1. The van der Waals surface area contributed by atoms with Crippen LogP contribution in [0.4, 0.5) is 0 Å². The van der Waals surface area contributed by atoms with Crippen molar-refractivity contribution >= 4 is 45.0 Å². The van der Waals surface area contributed by atoms with Crippen molar-refractivity contribution in [2.24, 2.45) is 0 Å². The van der Waals surface area contributed by atoms with Gasteiger partial charge in [-0.05, 0) is 48.4 Å². The highest BCUT2D eigenvalue weighted by molar-refractivity contribution is 9.10. The van der Waals surface area contributed by atoms with Gasteiger partial charge in [-0.3, -0.25) is 4.79 Å². The van der Waals surface area contributed by atoms with Crippen molar-refractivity contribution in [3.8, 4) is 0 Å². The fourth-order valence-corrected chi connectivity index (χ4v) is 2.92. The van der Waals surface area contributed by atoms with E-state index < -0.39 is 0 Å². The number of hydrogen-bond donors (Lipinski definition) is 1. The molecule has 0 aromatic heterocycles. The molecular weight excluding hydrogens is 361 g/mol. The molecular formula is C15H12BrCl2NO. The molecule has 1 N–H and O–H groups in total. The Bertz CT molecular complexity index is 635. The fourth-order valence-electron chi connectivity index (χ4n) is 1.86. The van der Waals surface area contributed by atoms with E-state index in [1.165, 1.54) is 0 Å². The third-order valence-corrected chi connectivity index (χ3v) is 3.94. The van der Waals surface area contributed by atoms with Crippen molar-refractivity contribution < 1.29 is 4.79 Å². The van der Waals surface area contributed by atoms with Gasteiger partial charge in [0.25, 0.3) is 5.91 Å². The Morgan fingerprint density at radius 2 is 2.00 bits per heavy atom. The Labute approximate surface area is 136 Å². The van der Waals surface area contributed by atoms with Gasteiger partial charge in [0.1, 0.15) is 0 Å². The lowest BCUT2D eigenvalue weighted by molar-refractivity contribution is 0.0951. The molecule has 0 radical (unpaired) electrons. The number of halogens is 3. The minimum atomic E-state index is -0.142. The van der Waals surface area contributed by atoms with Gasteiger partial charge in [-0.2, -0.15) is 0 Å². The predicted octanol–water partition coefficient (Wildman–Crippen LogP) is 4.99. The molecule has 0 aliphatic rings. The lowest BCUT2D eigenvalue weighted by Crippen LogP contribution is -2.23. The first kappa shape index (κ1) is 15.4. The molecule has 104 valence electrons. The third-order valence-electron chi connectivity index (χ3n) is 2.90. The summed E-state index contributed by atoms with van der Waals surface area (Å²) in [7, 11) is 0. The Balaban J connectivity index is 2.11. The topological polar surface area (TPSA) is 29.1 Å². The Morgan fingerprint density at radius 1 is 1.25 bits per heavy atom. The molecule has 5 heteroatoms. The molecule has 0 aliphatic carbocycles. The molecule has 0 spiro atoms. The molecule has 2 aromatic carbocycles. The molecule has 1 amide bonds. The molecule has 0 fully saturated rings. The summed E-state index contributed by atoms with van der Waals surface area (Å²) in [6, 6.07) is 10.7. The number of nitrogens with one attached hydrogen (secondary N) is 1. The summed E-state index contributed by atoms with van der Waals surface area (Å²) in [5, 5.41) is 4.01. The second kappa shape index (κ2) is 6.61. The average Bonchev–Trinajstić information content (AvgIpc) is 2.37. The number of rotatable bonds is 3. The zero-order chi connectivity index (χ0) is 14.7. The van der Waals surface area contributed by atoms with Crippen molar-refractivity contribution in [1.29, 1.82) is 0 Å². The zero-order valence-corrected chi connectivity index (χ0v) is 13.8. The Kier molecular flexibility index (Phi) is 5.08. The largest absolute Gasteiger partial charge is 0.348 e. The predicted molar refractivity (Wildman–Crippen MR) is 86.5 cm³/mol. The lowest BCUT2D eigenvalue weighted by Gasteiger charge is -2.11. The van der Waals surface area contributed by atoms with Gasteiger partial charge < -0.3 is 5.32 Å². The first-order chi connectivity index (χ1) is 9.47. The van der Waals surface area contributed by atoms with Crippen LogP contribution in [0.15, 0.2) is 40.9 Å². The molecule has 20 heavy (non-hydrogen) atoms. The van der Waals surface area contributed by atoms with Crippen molar-refractivity contribution in [2.45, 2.75) is 13.5 Å². The third kappa shape index (κ3) is 3.75. The van der Waals surface area contributed by atoms with Crippen LogP contribution in [0, 0.1) is 6.92 Å². The summed E-state index contributed by atoms with van der Waals surface area (Å²) >= 11 is 15.4. The van der Waals surface area contributed by atoms with E-state index >= 15 is 0 Å². The van der Waals surface area contributed by atoms with Crippen molar-refractivity contribution in [2.75, 3.05) is 0 Å². The summed E-state index contributed by atoms with van der Waals surface area (Å²) in [4.78, 5) is 12.1. The van der Waals surface area contributed by atoms with E-state index in [2.05, 4.69) is 21.2 Å². The Morgan fingerprint density at radius 3 is 2.65 bits per heavy atom. The summed E-state index contributed by atoms with van der Waals surface area (Å²) in [6.07, 6.45) is 0. The van der Waals surface area contributed by atoms with Gasteiger partial charge in [-0.1, -0.05) is 45.2 Å². The lowest BCUT2D eigenvalue weighted by atomic mass is 10.1. The van der Waals surface area contributed by atoms with Gasteiger partial charge in [0.2, 0.25) is 0 Å². The average molecular weight is 373 g/mol. The molecule has 0 bridgehead atoms. The highest BCUT2D eigenvalue weighted by Gasteiger charge is 2.09. The SMILES string of the molecule is Cc1cc(Cl)cc(Cl)c1CNC(=O)c1cccc(Br)c1. The number of benzene rings is 2. The molecule has 0 aliphatic heterocycles. The number of hydrogen-bond acceptors (Lipinski definition) is 1. The standard InChI is InChI=1S/C15H12BrCl2NO/c1-9-5-12(17)7-14(18)13(9)8-19-15(20)10-3-2-4-11(16)6-10/h2-7H,8H2,1H3,(H,19,20). The molecule has 2 rings (SSSR count). The van der Waals surface area contributed by atoms with Crippen molar-refractivity contribution in [1.82, 2.24) is 5.32 Å². The Hall–Kier alpha value is -1.03. The van der Waals surface area contributed by atoms with Gasteiger partial charge in [-0.15, -0.1) is 0 Å². The van der Waals surface area contributed by atoms with Crippen LogP contribution in [0.25, 0.3) is 0 Å². The van der Waals surface area contributed by atoms with Gasteiger partial charge in [0.15, 0.2) is 0 Å². The summed E-state index contributed by atoms with van der Waals surface area (Å²) in [5.74, 6) is -0.142. The summed E-state index contributed by atoms with van der Waals surface area (Å²) in [6.45, 7) is 2.28. The fraction of sp³-hybridized carbons (Fsp3) is 0.133. The molecule has 0 heterocycles. The number of carbonyl (C=O) groups excluding carboxylic acids is 1. The first-order valence-corrected chi connectivity index (χ1v) is 7.50. The van der Waals surface area contributed by atoms with Crippen LogP contribution < -0.4 is 5.32 Å². The number of aryl methyl sites for hydroxylation is 1. The molecule has 2 nitrogen and oxygen atoms in total. The molecule has 2 aromatic rings. The van der Waals surface area contributed by atoms with Gasteiger partial charge in [0.05, 0.1) is 0 Å². The minimum Gasteiger partial charge on any atom is -0.348 e. The van der Waals surface area contributed by atoms with Crippen LogP contribution in [-0.4, -0.2) is 5.91 Å². The quantitative estimate of drug-likeness (QED) is 0.807. The van der Waals surface area contributed by atoms with Crippen molar-refractivity contribution in [3.63, 3.8) is 0 Å². The molecule has 0 unspecified atom stereocenters. The smallest absolute Gasteiger partial charge is 0.251 e. The van der Waals surface area contributed by atoms with Crippen LogP contribution >= 0.6 is 39.1 Å². The summed E-state index contributed by atoms with van der Waals surface area (Å²) in [5.41, 5.74) is 2.43. The van der Waals surface area contributed by atoms with E-state index in [-0.39, 0.29) is 5.91 Å². The van der Waals surface area contributed by atoms with Gasteiger partial charge >= 0.3 is 0 Å². The van der Waals surface area contributed by atoms with Gasteiger partial charge in [-0.25, -0.2) is 0 Å². The highest BCUT2D eigenvalue weighted by Crippen LogP contribution is 2.24. The van der Waals surface area contributed by atoms with Crippen LogP contribution in [0.5, 0.6) is 0 Å². The van der Waals surface area contributed by atoms with Crippen molar-refractivity contribution in [3.05, 3.63) is 67.6 Å². The van der Waals surface area contributed by atoms with E-state index in [4.69, 9.17) is 23.2 Å². The minimum absolute atomic E-state index is 0.142. The van der Waals surface area contributed by atoms with E-state index in [0.717, 1.165) is 15.6 Å². The van der Waals surface area contributed by atoms with Crippen LogP contribution in [0.3, 0.4) is 0 Å². The van der Waals surface area contributed by atoms with Gasteiger partial charge in [0, 0.05) is 26.6 Å². The highest BCUT2D eigenvalue weighted by atomic mass is 79.9. The van der Waals surface area contributed by atoms with E-state index in [1.54, 1.807) is 18.2 Å². The molecule has 0 saturated carbocycles. The first-order valence-electron chi connectivity index (χ1n) is 5.95. The van der Waals surface area contributed by atoms with Crippen LogP contribution in [-0.2, 0) is 6.54 Å². The van der Waals surface area contributed by atoms with E-state index in [9.17, 15) is 4.79 Å². The maximum Gasteiger partial charge on any atom is 0.251 e. The normalized spacial score (nSPS) is 10.4. The van der Waals surface area contributed by atoms with E-state index in [0.29, 0.717) is 22.2 Å². The maximum atomic E-state index is 12.1. The second-order valence-corrected chi connectivity index (χ2v) is 6.14. The zero-order valence-electron chi connectivity index (χ0n) is 10.7. The molecule has 0 atom stereocenters. The number of amides is 1. The second-order valence-electron chi connectivity index (χ2n) is 4.38. The maximum absolute atomic E-state index is 12.1. The van der Waals surface area contributed by atoms with E-state index in [1.807, 2.05) is 25.1 Å². The van der Waals surface area contributed by atoms with Crippen LogP contribution in [0.1, 0.15) is 21.5 Å². The van der Waals surface area contributed by atoms with Crippen LogP contribution in [0.2, 0.25) is 10.0 Å².